The molecule has 4 nitrogen and oxygen atoms in total. The minimum absolute atomic E-state index is 0.0321. The summed E-state index contributed by atoms with van der Waals surface area (Å²) in [5, 5.41) is 0. The van der Waals surface area contributed by atoms with Crippen LogP contribution in [0.2, 0.25) is 0 Å². The van der Waals surface area contributed by atoms with Crippen molar-refractivity contribution in [2.75, 3.05) is 21.3 Å². The Labute approximate surface area is 261 Å². The number of esters is 1. The zero-order chi connectivity index (χ0) is 31.1. The van der Waals surface area contributed by atoms with E-state index >= 15 is 0 Å². The lowest BCUT2D eigenvalue weighted by atomic mass is 9.53. The number of fused-ring (bicyclic) bond motifs is 5. The molecule has 0 radical (unpaired) electrons. The number of benzene rings is 1. The van der Waals surface area contributed by atoms with E-state index in [2.05, 4.69) is 63.7 Å². The van der Waals surface area contributed by atoms with Crippen molar-refractivity contribution >= 4 is 12.0 Å². The van der Waals surface area contributed by atoms with Gasteiger partial charge in [-0.15, -0.1) is 0 Å². The number of carbonyl (C=O) groups excluding carboxylic acids is 1. The van der Waals surface area contributed by atoms with Gasteiger partial charge in [-0.05, 0) is 109 Å². The first-order valence-electron chi connectivity index (χ1n) is 16.6. The molecule has 0 spiro atoms. The molecule has 0 heterocycles. The summed E-state index contributed by atoms with van der Waals surface area (Å²) in [7, 11) is 4.90. The van der Waals surface area contributed by atoms with Crippen molar-refractivity contribution in [1.29, 1.82) is 0 Å². The van der Waals surface area contributed by atoms with Crippen LogP contribution in [-0.4, -0.2) is 33.4 Å². The normalized spacial score (nSPS) is 31.2. The van der Waals surface area contributed by atoms with Gasteiger partial charge in [0.25, 0.3) is 0 Å². The summed E-state index contributed by atoms with van der Waals surface area (Å²) in [6.07, 6.45) is 21.6. The van der Waals surface area contributed by atoms with Gasteiger partial charge in [0.05, 0.1) is 7.11 Å². The van der Waals surface area contributed by atoms with E-state index in [0.717, 1.165) is 48.3 Å². The van der Waals surface area contributed by atoms with Crippen molar-refractivity contribution in [2.24, 2.45) is 46.8 Å². The van der Waals surface area contributed by atoms with E-state index in [4.69, 9.17) is 9.47 Å². The molecule has 236 valence electrons. The monoisotopic (exact) mass is 588 g/mol. The van der Waals surface area contributed by atoms with Gasteiger partial charge in [-0.3, -0.25) is 0 Å². The van der Waals surface area contributed by atoms with Crippen molar-refractivity contribution in [1.82, 2.24) is 0 Å². The smallest absolute Gasteiger partial charge is 0.331 e. The Morgan fingerprint density at radius 1 is 0.930 bits per heavy atom. The summed E-state index contributed by atoms with van der Waals surface area (Å²) in [6.45, 7) is 12.0. The summed E-state index contributed by atoms with van der Waals surface area (Å²) in [6, 6.07) is 7.68. The summed E-state index contributed by atoms with van der Waals surface area (Å²) >= 11 is 0. The topological polar surface area (TPSA) is 44.8 Å². The Bertz CT molecular complexity index is 1190. The van der Waals surface area contributed by atoms with Crippen LogP contribution < -0.4 is 4.74 Å². The second kappa shape index (κ2) is 14.9. The number of hydrogen-bond donors (Lipinski definition) is 0. The fourth-order valence-electron chi connectivity index (χ4n) is 8.24. The number of hydrogen-bond acceptors (Lipinski definition) is 4. The number of carbonyl (C=O) groups is 1. The molecule has 8 unspecified atom stereocenters. The van der Waals surface area contributed by atoms with E-state index in [9.17, 15) is 4.79 Å². The van der Waals surface area contributed by atoms with Gasteiger partial charge in [0.15, 0.2) is 0 Å². The second-order valence-corrected chi connectivity index (χ2v) is 14.1. The molecule has 4 aliphatic carbocycles. The predicted molar refractivity (Wildman–Crippen MR) is 178 cm³/mol. The van der Waals surface area contributed by atoms with Crippen LogP contribution in [0.3, 0.4) is 0 Å². The van der Waals surface area contributed by atoms with E-state index < -0.39 is 0 Å². The summed E-state index contributed by atoms with van der Waals surface area (Å²) in [5.74, 6) is 5.66. The fourth-order valence-corrected chi connectivity index (χ4v) is 8.24. The standard InChI is InChI=1S/C37H50O3.C2H6O/c1-24(2)25(3)7-8-26(4)31-16-17-33-32(31)18-19-35-34(33)15-12-28-23-30(21-22-37(28,35)5)40-36(38)20-11-27-9-13-29(39-6)14-10-27;1-3-2/h7-15,20,24-26,30-33,35H,16-19,21-23H2,1-6H3;1-2H3/b8-7+,20-11+;. The zero-order valence-corrected chi connectivity index (χ0v) is 28.0. The Balaban J connectivity index is 0.00000135. The first kappa shape index (κ1) is 33.3. The predicted octanol–water partition coefficient (Wildman–Crippen LogP) is 9.48. The maximum atomic E-state index is 12.6. The summed E-state index contributed by atoms with van der Waals surface area (Å²) in [4.78, 5) is 12.6. The van der Waals surface area contributed by atoms with Crippen LogP contribution in [0.1, 0.15) is 85.1 Å². The minimum Gasteiger partial charge on any atom is -0.497 e. The molecule has 0 saturated heterocycles. The van der Waals surface area contributed by atoms with Crippen LogP contribution in [0.25, 0.3) is 6.08 Å². The van der Waals surface area contributed by atoms with Gasteiger partial charge < -0.3 is 14.2 Å². The highest BCUT2D eigenvalue weighted by Gasteiger charge is 2.52. The fraction of sp³-hybridized carbons (Fsp3) is 0.615. The first-order chi connectivity index (χ1) is 20.6. The number of ether oxygens (including phenoxy) is 3. The molecule has 3 fully saturated rings. The molecule has 43 heavy (non-hydrogen) atoms. The van der Waals surface area contributed by atoms with Crippen molar-refractivity contribution in [3.05, 3.63) is 71.4 Å². The molecule has 8 atom stereocenters. The molecule has 1 aromatic rings. The minimum atomic E-state index is -0.250. The van der Waals surface area contributed by atoms with Gasteiger partial charge in [0.1, 0.15) is 11.9 Å². The van der Waals surface area contributed by atoms with Crippen molar-refractivity contribution in [3.8, 4) is 5.75 Å². The Morgan fingerprint density at radius 2 is 1.65 bits per heavy atom. The van der Waals surface area contributed by atoms with E-state index in [1.54, 1.807) is 33.0 Å². The highest BCUT2D eigenvalue weighted by Crippen LogP contribution is 2.61. The third kappa shape index (κ3) is 7.74. The third-order valence-electron chi connectivity index (χ3n) is 11.2. The molecule has 1 aromatic carbocycles. The van der Waals surface area contributed by atoms with E-state index in [1.165, 1.54) is 31.3 Å². The highest BCUT2D eigenvalue weighted by atomic mass is 16.5. The van der Waals surface area contributed by atoms with Crippen molar-refractivity contribution in [3.63, 3.8) is 0 Å². The molecule has 0 N–H and O–H groups in total. The molecule has 0 bridgehead atoms. The Morgan fingerprint density at radius 3 is 2.33 bits per heavy atom. The number of rotatable bonds is 8. The van der Waals surface area contributed by atoms with Gasteiger partial charge in [-0.2, -0.15) is 0 Å². The molecule has 0 amide bonds. The molecule has 3 saturated carbocycles. The lowest BCUT2D eigenvalue weighted by Crippen LogP contribution is -2.43. The zero-order valence-electron chi connectivity index (χ0n) is 28.0. The van der Waals surface area contributed by atoms with E-state index in [1.807, 2.05) is 30.3 Å². The van der Waals surface area contributed by atoms with Gasteiger partial charge in [-0.25, -0.2) is 4.79 Å². The van der Waals surface area contributed by atoms with Crippen molar-refractivity contribution in [2.45, 2.75) is 85.7 Å². The Hall–Kier alpha value is -2.59. The lowest BCUT2D eigenvalue weighted by Gasteiger charge is -2.52. The maximum Gasteiger partial charge on any atom is 0.331 e. The van der Waals surface area contributed by atoms with Crippen LogP contribution in [0.4, 0.5) is 0 Å². The molecule has 5 rings (SSSR count). The largest absolute Gasteiger partial charge is 0.497 e. The van der Waals surface area contributed by atoms with Gasteiger partial charge in [0.2, 0.25) is 0 Å². The Kier molecular flexibility index (Phi) is 11.6. The second-order valence-electron chi connectivity index (χ2n) is 14.1. The van der Waals surface area contributed by atoms with Crippen LogP contribution in [0.15, 0.2) is 65.8 Å². The lowest BCUT2D eigenvalue weighted by molar-refractivity contribution is -0.144. The molecule has 4 heteroatoms. The quantitative estimate of drug-likeness (QED) is 0.172. The maximum absolute atomic E-state index is 12.6. The third-order valence-corrected chi connectivity index (χ3v) is 11.2. The van der Waals surface area contributed by atoms with Gasteiger partial charge >= 0.3 is 5.97 Å². The van der Waals surface area contributed by atoms with Gasteiger partial charge in [-0.1, -0.05) is 82.2 Å². The number of allylic oxidation sites excluding steroid dienone is 5. The van der Waals surface area contributed by atoms with Crippen LogP contribution in [0.5, 0.6) is 5.75 Å². The van der Waals surface area contributed by atoms with E-state index in [0.29, 0.717) is 23.7 Å². The molecule has 0 aliphatic heterocycles. The SMILES string of the molecule is COC.COc1ccc(/C=C/C(=O)OC2CCC3(C)C(=CC=C4C5CCC(C(C)/C=C/C(C)C(C)C)C5CCC43)C2)cc1. The van der Waals surface area contributed by atoms with Crippen LogP contribution >= 0.6 is 0 Å². The average molecular weight is 589 g/mol. The first-order valence-corrected chi connectivity index (χ1v) is 16.6. The van der Waals surface area contributed by atoms with E-state index in [-0.39, 0.29) is 17.5 Å². The van der Waals surface area contributed by atoms with Crippen LogP contribution in [0, 0.1) is 46.8 Å². The molecular weight excluding hydrogens is 532 g/mol. The molecular formula is C39H56O4. The van der Waals surface area contributed by atoms with Gasteiger partial charge in [0, 0.05) is 26.7 Å². The van der Waals surface area contributed by atoms with Crippen LogP contribution in [-0.2, 0) is 14.3 Å². The summed E-state index contributed by atoms with van der Waals surface area (Å²) in [5.41, 5.74) is 4.42. The summed E-state index contributed by atoms with van der Waals surface area (Å²) < 4.78 is 15.4. The molecule has 4 aliphatic rings. The van der Waals surface area contributed by atoms with Crippen molar-refractivity contribution < 1.29 is 19.0 Å². The molecule has 0 aromatic heterocycles. The number of methoxy groups -OCH3 is 2. The highest BCUT2D eigenvalue weighted by molar-refractivity contribution is 5.87. The average Bonchev–Trinajstić information content (AvgIpc) is 3.44.